The molecule has 1 fully saturated rings. The van der Waals surface area contributed by atoms with Crippen molar-refractivity contribution in [2.24, 2.45) is 5.73 Å². The van der Waals surface area contributed by atoms with E-state index in [1.807, 2.05) is 18.0 Å². The molecule has 0 aromatic carbocycles. The van der Waals surface area contributed by atoms with Gasteiger partial charge in [0.25, 0.3) is 0 Å². The lowest BCUT2D eigenvalue weighted by Gasteiger charge is -2.28. The second kappa shape index (κ2) is 4.08. The summed E-state index contributed by atoms with van der Waals surface area (Å²) < 4.78 is 22.5. The van der Waals surface area contributed by atoms with Gasteiger partial charge in [0, 0.05) is 12.6 Å². The van der Waals surface area contributed by atoms with Crippen LogP contribution in [0.5, 0.6) is 0 Å². The molecule has 0 amide bonds. The van der Waals surface area contributed by atoms with Gasteiger partial charge in [-0.3, -0.25) is 4.90 Å². The van der Waals surface area contributed by atoms with Crippen molar-refractivity contribution >= 4 is 9.84 Å². The third kappa shape index (κ3) is 3.45. The molecule has 1 saturated heterocycles. The molecule has 0 bridgehead atoms. The van der Waals surface area contributed by atoms with Gasteiger partial charge in [0.1, 0.15) is 5.54 Å². The molecule has 0 aliphatic carbocycles. The maximum absolute atomic E-state index is 11.3. The minimum atomic E-state index is -2.87. The maximum atomic E-state index is 11.3. The molecule has 1 aliphatic heterocycles. The van der Waals surface area contributed by atoms with Crippen LogP contribution in [-0.2, 0) is 9.84 Å². The minimum absolute atomic E-state index is 0.00576. The van der Waals surface area contributed by atoms with E-state index in [0.29, 0.717) is 13.0 Å². The van der Waals surface area contributed by atoms with Crippen molar-refractivity contribution in [3.63, 3.8) is 0 Å². The number of nitriles is 1. The average Bonchev–Trinajstić information content (AvgIpc) is 2.45. The van der Waals surface area contributed by atoms with Gasteiger partial charge in [-0.25, -0.2) is 8.42 Å². The van der Waals surface area contributed by atoms with Gasteiger partial charge in [0.2, 0.25) is 0 Å². The van der Waals surface area contributed by atoms with E-state index < -0.39 is 15.4 Å². The summed E-state index contributed by atoms with van der Waals surface area (Å²) in [5.41, 5.74) is 4.78. The van der Waals surface area contributed by atoms with Crippen molar-refractivity contribution in [3.05, 3.63) is 0 Å². The molecule has 86 valence electrons. The third-order valence-electron chi connectivity index (χ3n) is 2.67. The van der Waals surface area contributed by atoms with Crippen LogP contribution in [-0.4, -0.2) is 50.0 Å². The molecule has 5 nitrogen and oxygen atoms in total. The van der Waals surface area contributed by atoms with Crippen LogP contribution in [0.4, 0.5) is 0 Å². The van der Waals surface area contributed by atoms with E-state index in [1.165, 1.54) is 0 Å². The number of sulfone groups is 1. The maximum Gasteiger partial charge on any atom is 0.151 e. The van der Waals surface area contributed by atoms with Gasteiger partial charge in [-0.15, -0.1) is 0 Å². The molecule has 0 aromatic heterocycles. The lowest BCUT2D eigenvalue weighted by atomic mass is 10.0. The Morgan fingerprint density at radius 3 is 2.67 bits per heavy atom. The van der Waals surface area contributed by atoms with Crippen molar-refractivity contribution < 1.29 is 8.42 Å². The van der Waals surface area contributed by atoms with Crippen molar-refractivity contribution in [1.29, 1.82) is 5.26 Å². The van der Waals surface area contributed by atoms with Gasteiger partial charge in [-0.05, 0) is 20.4 Å². The highest BCUT2D eigenvalue weighted by Crippen LogP contribution is 2.17. The molecule has 2 N–H and O–H groups in total. The van der Waals surface area contributed by atoms with Gasteiger partial charge < -0.3 is 5.73 Å². The fourth-order valence-electron chi connectivity index (χ4n) is 1.81. The second-order valence-electron chi connectivity index (χ2n) is 4.50. The smallest absolute Gasteiger partial charge is 0.151 e. The lowest BCUT2D eigenvalue weighted by Crippen LogP contribution is -2.48. The van der Waals surface area contributed by atoms with Crippen molar-refractivity contribution in [2.75, 3.05) is 25.1 Å². The first-order valence-corrected chi connectivity index (χ1v) is 6.69. The highest BCUT2D eigenvalue weighted by atomic mass is 32.2. The molecule has 1 rings (SSSR count). The Bertz CT molecular complexity index is 369. The normalized spacial score (nSPS) is 28.6. The topological polar surface area (TPSA) is 87.2 Å². The Kier molecular flexibility index (Phi) is 3.38. The molecule has 0 spiro atoms. The number of nitrogens with two attached hydrogens (primary N) is 1. The number of likely N-dealkylation sites (N-methyl/N-ethyl adjacent to an activating group) is 1. The van der Waals surface area contributed by atoms with E-state index in [9.17, 15) is 8.42 Å². The zero-order chi connectivity index (χ0) is 11.7. The predicted octanol–water partition coefficient (Wildman–Crippen LogP) is -0.654. The summed E-state index contributed by atoms with van der Waals surface area (Å²) in [5, 5.41) is 8.77. The predicted molar refractivity (Wildman–Crippen MR) is 57.9 cm³/mol. The van der Waals surface area contributed by atoms with E-state index in [2.05, 4.69) is 0 Å². The quantitative estimate of drug-likeness (QED) is 0.697. The molecule has 6 heteroatoms. The summed E-state index contributed by atoms with van der Waals surface area (Å²) in [7, 11) is -1.05. The van der Waals surface area contributed by atoms with Gasteiger partial charge in [-0.2, -0.15) is 5.26 Å². The molecule has 0 aromatic rings. The standard InChI is InChI=1S/C9H17N3O2S/c1-9(11,6-10)7-12(2)8-3-4-15(13,14)5-8/h8H,3-5,7,11H2,1-2H3. The molecular weight excluding hydrogens is 214 g/mol. The second-order valence-corrected chi connectivity index (χ2v) is 6.73. The molecule has 0 saturated carbocycles. The molecule has 0 radical (unpaired) electrons. The van der Waals surface area contributed by atoms with E-state index in [0.717, 1.165) is 0 Å². The van der Waals surface area contributed by atoms with E-state index in [1.54, 1.807) is 6.92 Å². The molecule has 2 atom stereocenters. The first-order chi connectivity index (χ1) is 6.76. The first kappa shape index (κ1) is 12.4. The van der Waals surface area contributed by atoms with Crippen molar-refractivity contribution in [2.45, 2.75) is 24.9 Å². The Morgan fingerprint density at radius 2 is 2.27 bits per heavy atom. The van der Waals surface area contributed by atoms with Gasteiger partial charge >= 0.3 is 0 Å². The van der Waals surface area contributed by atoms with Gasteiger partial charge in [0.05, 0.1) is 17.6 Å². The highest BCUT2D eigenvalue weighted by molar-refractivity contribution is 7.91. The first-order valence-electron chi connectivity index (χ1n) is 4.86. The fraction of sp³-hybridized carbons (Fsp3) is 0.889. The van der Waals surface area contributed by atoms with Crippen LogP contribution in [0.15, 0.2) is 0 Å². The molecular formula is C9H17N3O2S. The average molecular weight is 231 g/mol. The molecule has 1 heterocycles. The number of rotatable bonds is 3. The van der Waals surface area contributed by atoms with Crippen molar-refractivity contribution in [1.82, 2.24) is 4.90 Å². The van der Waals surface area contributed by atoms with E-state index in [4.69, 9.17) is 11.0 Å². The Morgan fingerprint density at radius 1 is 1.67 bits per heavy atom. The number of hydrogen-bond donors (Lipinski definition) is 1. The number of nitrogens with zero attached hydrogens (tertiary/aromatic N) is 2. The Hall–Kier alpha value is -0.640. The largest absolute Gasteiger partial charge is 0.313 e. The van der Waals surface area contributed by atoms with E-state index in [-0.39, 0.29) is 17.5 Å². The molecule has 15 heavy (non-hydrogen) atoms. The third-order valence-corrected chi connectivity index (χ3v) is 4.42. The summed E-state index contributed by atoms with van der Waals surface area (Å²) in [6, 6.07) is 2.01. The van der Waals surface area contributed by atoms with Crippen LogP contribution in [0.3, 0.4) is 0 Å². The van der Waals surface area contributed by atoms with Crippen LogP contribution in [0.1, 0.15) is 13.3 Å². The summed E-state index contributed by atoms with van der Waals surface area (Å²) in [4.78, 5) is 1.87. The highest BCUT2D eigenvalue weighted by Gasteiger charge is 2.33. The zero-order valence-corrected chi connectivity index (χ0v) is 9.92. The van der Waals surface area contributed by atoms with Crippen LogP contribution in [0.25, 0.3) is 0 Å². The van der Waals surface area contributed by atoms with Crippen LogP contribution >= 0.6 is 0 Å². The summed E-state index contributed by atoms with van der Waals surface area (Å²) in [6.07, 6.45) is 0.639. The number of hydrogen-bond acceptors (Lipinski definition) is 5. The SMILES string of the molecule is CN(CC(C)(N)C#N)C1CCS(=O)(=O)C1. The molecule has 2 unspecified atom stereocenters. The van der Waals surface area contributed by atoms with E-state index >= 15 is 0 Å². The van der Waals surface area contributed by atoms with Crippen LogP contribution < -0.4 is 5.73 Å². The fourth-order valence-corrected chi connectivity index (χ4v) is 3.61. The van der Waals surface area contributed by atoms with Crippen LogP contribution in [0, 0.1) is 11.3 Å². The summed E-state index contributed by atoms with van der Waals surface area (Å²) in [5.74, 6) is 0.431. The lowest BCUT2D eigenvalue weighted by molar-refractivity contribution is 0.231. The zero-order valence-electron chi connectivity index (χ0n) is 9.10. The Labute approximate surface area is 90.8 Å². The monoisotopic (exact) mass is 231 g/mol. The summed E-state index contributed by atoms with van der Waals surface area (Å²) in [6.45, 7) is 2.04. The molecule has 1 aliphatic rings. The van der Waals surface area contributed by atoms with Gasteiger partial charge in [-0.1, -0.05) is 0 Å². The Balaban J connectivity index is 2.57. The van der Waals surface area contributed by atoms with Gasteiger partial charge in [0.15, 0.2) is 9.84 Å². The van der Waals surface area contributed by atoms with Crippen LogP contribution in [0.2, 0.25) is 0 Å². The summed E-state index contributed by atoms with van der Waals surface area (Å²) >= 11 is 0. The van der Waals surface area contributed by atoms with Crippen molar-refractivity contribution in [3.8, 4) is 6.07 Å². The minimum Gasteiger partial charge on any atom is -0.313 e.